The number of carbonyl (C=O) groups is 1. The van der Waals surface area contributed by atoms with Gasteiger partial charge in [0, 0.05) is 18.0 Å². The largest absolute Gasteiger partial charge is 0.353 e. The molecule has 1 aliphatic heterocycles. The molecule has 1 saturated heterocycles. The fraction of sp³-hybridized carbons (Fsp3) is 0.929. The second-order valence-electron chi connectivity index (χ2n) is 6.41. The molecule has 0 aromatic heterocycles. The van der Waals surface area contributed by atoms with E-state index in [1.54, 1.807) is 0 Å². The third-order valence-electron chi connectivity index (χ3n) is 4.78. The third-order valence-corrected chi connectivity index (χ3v) is 6.49. The lowest BCUT2D eigenvalue weighted by atomic mass is 9.78. The molecule has 0 aromatic rings. The van der Waals surface area contributed by atoms with Gasteiger partial charge in [-0.15, -0.1) is 0 Å². The highest BCUT2D eigenvalue weighted by atomic mass is 32.2. The summed E-state index contributed by atoms with van der Waals surface area (Å²) in [7, 11) is -2.87. The minimum absolute atomic E-state index is 0.0192. The number of carbonyl (C=O) groups excluding carboxylic acids is 1. The van der Waals surface area contributed by atoms with Crippen LogP contribution in [-0.4, -0.2) is 37.9 Å². The van der Waals surface area contributed by atoms with Gasteiger partial charge in [0.1, 0.15) is 9.84 Å². The van der Waals surface area contributed by atoms with E-state index < -0.39 is 9.84 Å². The van der Waals surface area contributed by atoms with Crippen LogP contribution < -0.4 is 11.1 Å². The highest BCUT2D eigenvalue weighted by Gasteiger charge is 2.31. The Bertz CT molecular complexity index is 435. The molecule has 2 fully saturated rings. The number of nitrogens with two attached hydrogens (primary N) is 1. The molecule has 3 N–H and O–H groups in total. The zero-order valence-corrected chi connectivity index (χ0v) is 13.0. The summed E-state index contributed by atoms with van der Waals surface area (Å²) in [4.78, 5) is 12.3. The smallest absolute Gasteiger partial charge is 0.223 e. The maximum Gasteiger partial charge on any atom is 0.223 e. The van der Waals surface area contributed by atoms with Crippen LogP contribution in [0.4, 0.5) is 0 Å². The van der Waals surface area contributed by atoms with Crippen LogP contribution in [0.5, 0.6) is 0 Å². The van der Waals surface area contributed by atoms with Crippen LogP contribution in [0.15, 0.2) is 0 Å². The molecule has 0 aromatic carbocycles. The molecule has 1 amide bonds. The predicted molar refractivity (Wildman–Crippen MR) is 78.9 cm³/mol. The van der Waals surface area contributed by atoms with E-state index in [4.69, 9.17) is 5.73 Å². The molecule has 2 aliphatic rings. The fourth-order valence-corrected chi connectivity index (χ4v) is 4.79. The zero-order valence-electron chi connectivity index (χ0n) is 12.2. The highest BCUT2D eigenvalue weighted by Crippen LogP contribution is 2.29. The Morgan fingerprint density at radius 3 is 2.45 bits per heavy atom. The van der Waals surface area contributed by atoms with Gasteiger partial charge in [-0.25, -0.2) is 8.42 Å². The van der Waals surface area contributed by atoms with E-state index in [-0.39, 0.29) is 35.4 Å². The van der Waals surface area contributed by atoms with Gasteiger partial charge in [0.2, 0.25) is 5.91 Å². The summed E-state index contributed by atoms with van der Waals surface area (Å²) in [6.45, 7) is 1.97. The Balaban J connectivity index is 1.82. The Hall–Kier alpha value is -0.620. The van der Waals surface area contributed by atoms with Crippen molar-refractivity contribution >= 4 is 15.7 Å². The summed E-state index contributed by atoms with van der Waals surface area (Å²) < 4.78 is 22.7. The van der Waals surface area contributed by atoms with Crippen molar-refractivity contribution in [3.8, 4) is 0 Å². The number of rotatable bonds is 3. The molecular formula is C14H26N2O3S. The van der Waals surface area contributed by atoms with Gasteiger partial charge in [-0.2, -0.15) is 0 Å². The lowest BCUT2D eigenvalue weighted by Gasteiger charge is -2.32. The van der Waals surface area contributed by atoms with Crippen LogP contribution in [0, 0.1) is 11.8 Å². The molecule has 5 nitrogen and oxygen atoms in total. The highest BCUT2D eigenvalue weighted by molar-refractivity contribution is 7.91. The molecule has 0 radical (unpaired) electrons. The Kier molecular flexibility index (Phi) is 5.07. The van der Waals surface area contributed by atoms with Crippen LogP contribution in [0.2, 0.25) is 0 Å². The van der Waals surface area contributed by atoms with Gasteiger partial charge in [0.25, 0.3) is 0 Å². The first-order valence-electron chi connectivity index (χ1n) is 7.64. The number of amides is 1. The Morgan fingerprint density at radius 2 is 1.85 bits per heavy atom. The molecule has 20 heavy (non-hydrogen) atoms. The summed E-state index contributed by atoms with van der Waals surface area (Å²) in [6.07, 6.45) is 5.25. The summed E-state index contributed by atoms with van der Waals surface area (Å²) >= 11 is 0. The van der Waals surface area contributed by atoms with E-state index in [1.165, 1.54) is 0 Å². The molecule has 116 valence electrons. The van der Waals surface area contributed by atoms with Gasteiger partial charge in [-0.3, -0.25) is 4.79 Å². The fourth-order valence-electron chi connectivity index (χ4n) is 3.30. The van der Waals surface area contributed by atoms with Crippen molar-refractivity contribution in [2.75, 3.05) is 11.5 Å². The molecule has 1 heterocycles. The maximum atomic E-state index is 12.3. The molecular weight excluding hydrogens is 276 g/mol. The van der Waals surface area contributed by atoms with E-state index in [2.05, 4.69) is 5.32 Å². The topological polar surface area (TPSA) is 89.3 Å². The minimum atomic E-state index is -2.87. The first kappa shape index (κ1) is 15.8. The average Bonchev–Trinajstić information content (AvgIpc) is 2.40. The van der Waals surface area contributed by atoms with Gasteiger partial charge in [-0.05, 0) is 38.0 Å². The molecule has 2 rings (SSSR count). The first-order chi connectivity index (χ1) is 9.37. The second-order valence-corrected chi connectivity index (χ2v) is 8.71. The minimum Gasteiger partial charge on any atom is -0.353 e. The van der Waals surface area contributed by atoms with E-state index >= 15 is 0 Å². The van der Waals surface area contributed by atoms with E-state index in [0.29, 0.717) is 18.8 Å². The lowest BCUT2D eigenvalue weighted by Crippen LogP contribution is -2.45. The van der Waals surface area contributed by atoms with Crippen LogP contribution in [0.25, 0.3) is 0 Å². The zero-order chi connectivity index (χ0) is 14.8. The molecule has 6 heteroatoms. The van der Waals surface area contributed by atoms with Crippen LogP contribution in [-0.2, 0) is 14.6 Å². The van der Waals surface area contributed by atoms with Crippen molar-refractivity contribution in [2.24, 2.45) is 17.6 Å². The van der Waals surface area contributed by atoms with Crippen LogP contribution in [0.1, 0.15) is 45.4 Å². The average molecular weight is 302 g/mol. The molecule has 1 saturated carbocycles. The molecule has 3 unspecified atom stereocenters. The number of hydrogen-bond donors (Lipinski definition) is 2. The van der Waals surface area contributed by atoms with Crippen molar-refractivity contribution in [2.45, 2.75) is 57.5 Å². The van der Waals surface area contributed by atoms with Gasteiger partial charge in [0.05, 0.1) is 11.5 Å². The second kappa shape index (κ2) is 6.43. The standard InChI is InChI=1S/C14H26N2O3S/c1-10(11-3-2-4-12(15)9-11)14(17)16-13-5-7-20(18,19)8-6-13/h10-13H,2-9,15H2,1H3,(H,16,17). The van der Waals surface area contributed by atoms with Crippen LogP contribution in [0.3, 0.4) is 0 Å². The quantitative estimate of drug-likeness (QED) is 0.808. The number of nitrogens with one attached hydrogen (secondary N) is 1. The molecule has 0 spiro atoms. The van der Waals surface area contributed by atoms with Crippen molar-refractivity contribution < 1.29 is 13.2 Å². The first-order valence-corrected chi connectivity index (χ1v) is 9.46. The van der Waals surface area contributed by atoms with Gasteiger partial charge >= 0.3 is 0 Å². The van der Waals surface area contributed by atoms with Gasteiger partial charge < -0.3 is 11.1 Å². The summed E-state index contributed by atoms with van der Waals surface area (Å²) in [5.41, 5.74) is 5.98. The van der Waals surface area contributed by atoms with E-state index in [0.717, 1.165) is 25.7 Å². The van der Waals surface area contributed by atoms with Crippen molar-refractivity contribution in [3.05, 3.63) is 0 Å². The lowest BCUT2D eigenvalue weighted by molar-refractivity contribution is -0.127. The molecule has 1 aliphatic carbocycles. The summed E-state index contributed by atoms with van der Waals surface area (Å²) in [5.74, 6) is 0.792. The Labute approximate surface area is 121 Å². The van der Waals surface area contributed by atoms with E-state index in [9.17, 15) is 13.2 Å². The predicted octanol–water partition coefficient (Wildman–Crippen LogP) is 0.833. The molecule has 3 atom stereocenters. The summed E-state index contributed by atoms with van der Waals surface area (Å²) in [6, 6.07) is 0.245. The van der Waals surface area contributed by atoms with E-state index in [1.807, 2.05) is 6.92 Å². The Morgan fingerprint density at radius 1 is 1.20 bits per heavy atom. The van der Waals surface area contributed by atoms with Gasteiger partial charge in [0.15, 0.2) is 0 Å². The normalized spacial score (nSPS) is 32.5. The summed E-state index contributed by atoms with van der Waals surface area (Å²) in [5, 5.41) is 3.02. The number of sulfone groups is 1. The van der Waals surface area contributed by atoms with Crippen molar-refractivity contribution in [3.63, 3.8) is 0 Å². The third kappa shape index (κ3) is 4.19. The number of hydrogen-bond acceptors (Lipinski definition) is 4. The van der Waals surface area contributed by atoms with Crippen molar-refractivity contribution in [1.82, 2.24) is 5.32 Å². The molecule has 0 bridgehead atoms. The van der Waals surface area contributed by atoms with Crippen molar-refractivity contribution in [1.29, 1.82) is 0 Å². The SMILES string of the molecule is CC(C(=O)NC1CCS(=O)(=O)CC1)C1CCCC(N)C1. The monoisotopic (exact) mass is 302 g/mol. The van der Waals surface area contributed by atoms with Gasteiger partial charge in [-0.1, -0.05) is 13.3 Å². The maximum absolute atomic E-state index is 12.3. The van der Waals surface area contributed by atoms with Crippen LogP contribution >= 0.6 is 0 Å².